The molecule has 92 valence electrons. The van der Waals surface area contributed by atoms with E-state index in [9.17, 15) is 14.3 Å². The van der Waals surface area contributed by atoms with Crippen LogP contribution in [0.1, 0.15) is 6.42 Å². The van der Waals surface area contributed by atoms with Gasteiger partial charge in [0, 0.05) is 18.7 Å². The molecule has 1 aromatic rings. The molecular weight excluding hydrogens is 225 g/mol. The molecule has 0 aliphatic carbocycles. The number of aliphatic hydroxyl groups excluding tert-OH is 1. The summed E-state index contributed by atoms with van der Waals surface area (Å²) in [5.74, 6) is -0.985. The number of carbonyl (C=O) groups excluding carboxylic acids is 1. The molecule has 1 aliphatic heterocycles. The topological polar surface area (TPSA) is 49.8 Å². The van der Waals surface area contributed by atoms with Crippen molar-refractivity contribution in [2.75, 3.05) is 18.6 Å². The fraction of sp³-hybridized carbons (Fsp3) is 0.417. The highest BCUT2D eigenvalue weighted by atomic mass is 19.1. The molecule has 1 heterocycles. The number of hydrogen-bond donors (Lipinski definition) is 1. The van der Waals surface area contributed by atoms with E-state index in [1.54, 1.807) is 17.0 Å². The lowest BCUT2D eigenvalue weighted by molar-refractivity contribution is -0.144. The lowest BCUT2D eigenvalue weighted by Gasteiger charge is -2.22. The van der Waals surface area contributed by atoms with Crippen LogP contribution in [0.3, 0.4) is 0 Å². The number of methoxy groups -OCH3 is 1. The standard InChI is InChI=1S/C12H14FNO3/c1-17-12(16)8-6-11(15)14(7-8)10-4-2-9(13)3-5-10/h2-5,8,11,15H,6-7H2,1H3. The Kier molecular flexibility index (Phi) is 3.28. The summed E-state index contributed by atoms with van der Waals surface area (Å²) in [7, 11) is 1.33. The first-order valence-electron chi connectivity index (χ1n) is 5.40. The van der Waals surface area contributed by atoms with E-state index in [1.165, 1.54) is 19.2 Å². The Bertz CT molecular complexity index is 407. The number of nitrogens with zero attached hydrogens (tertiary/aromatic N) is 1. The third-order valence-electron chi connectivity index (χ3n) is 2.96. The lowest BCUT2D eigenvalue weighted by atomic mass is 10.1. The number of aliphatic hydroxyl groups is 1. The van der Waals surface area contributed by atoms with Crippen molar-refractivity contribution in [3.63, 3.8) is 0 Å². The molecule has 0 saturated carbocycles. The molecule has 1 aromatic carbocycles. The zero-order chi connectivity index (χ0) is 12.4. The summed E-state index contributed by atoms with van der Waals surface area (Å²) < 4.78 is 17.4. The van der Waals surface area contributed by atoms with Crippen molar-refractivity contribution < 1.29 is 19.0 Å². The molecule has 2 rings (SSSR count). The van der Waals surface area contributed by atoms with Gasteiger partial charge in [0.2, 0.25) is 0 Å². The molecule has 0 spiro atoms. The predicted octanol–water partition coefficient (Wildman–Crippen LogP) is 1.14. The van der Waals surface area contributed by atoms with Gasteiger partial charge in [0.1, 0.15) is 12.0 Å². The van der Waals surface area contributed by atoms with Gasteiger partial charge in [-0.1, -0.05) is 0 Å². The SMILES string of the molecule is COC(=O)C1CC(O)N(c2ccc(F)cc2)C1. The minimum absolute atomic E-state index is 0.325. The molecule has 0 bridgehead atoms. The van der Waals surface area contributed by atoms with Crippen LogP contribution in [0, 0.1) is 11.7 Å². The molecule has 2 unspecified atom stereocenters. The number of esters is 1. The summed E-state index contributed by atoms with van der Waals surface area (Å²) in [5, 5.41) is 9.85. The van der Waals surface area contributed by atoms with Gasteiger partial charge >= 0.3 is 5.97 Å². The number of anilines is 1. The predicted molar refractivity (Wildman–Crippen MR) is 59.9 cm³/mol. The number of ether oxygens (including phenoxy) is 1. The van der Waals surface area contributed by atoms with E-state index in [4.69, 9.17) is 0 Å². The average molecular weight is 239 g/mol. The first-order chi connectivity index (χ1) is 8.11. The summed E-state index contributed by atoms with van der Waals surface area (Å²) in [6.07, 6.45) is -0.395. The van der Waals surface area contributed by atoms with Crippen LogP contribution in [0.25, 0.3) is 0 Å². The van der Waals surface area contributed by atoms with Crippen molar-refractivity contribution in [3.8, 4) is 0 Å². The smallest absolute Gasteiger partial charge is 0.310 e. The fourth-order valence-corrected chi connectivity index (χ4v) is 2.06. The van der Waals surface area contributed by atoms with E-state index in [0.29, 0.717) is 18.7 Å². The third-order valence-corrected chi connectivity index (χ3v) is 2.96. The van der Waals surface area contributed by atoms with Crippen molar-refractivity contribution >= 4 is 11.7 Å². The lowest BCUT2D eigenvalue weighted by Crippen LogP contribution is -2.29. The van der Waals surface area contributed by atoms with Gasteiger partial charge in [-0.2, -0.15) is 0 Å². The second-order valence-electron chi connectivity index (χ2n) is 4.07. The van der Waals surface area contributed by atoms with E-state index in [0.717, 1.165) is 0 Å². The maximum Gasteiger partial charge on any atom is 0.310 e. The van der Waals surface area contributed by atoms with Crippen LogP contribution in [0.15, 0.2) is 24.3 Å². The van der Waals surface area contributed by atoms with Gasteiger partial charge in [0.05, 0.1) is 13.0 Å². The van der Waals surface area contributed by atoms with E-state index in [1.807, 2.05) is 0 Å². The molecule has 1 N–H and O–H groups in total. The van der Waals surface area contributed by atoms with Gasteiger partial charge < -0.3 is 14.7 Å². The van der Waals surface area contributed by atoms with Crippen LogP contribution >= 0.6 is 0 Å². The zero-order valence-electron chi connectivity index (χ0n) is 9.47. The first kappa shape index (κ1) is 11.9. The van der Waals surface area contributed by atoms with E-state index >= 15 is 0 Å². The summed E-state index contributed by atoms with van der Waals surface area (Å²) >= 11 is 0. The normalized spacial score (nSPS) is 23.8. The van der Waals surface area contributed by atoms with Crippen LogP contribution in [0.5, 0.6) is 0 Å². The van der Waals surface area contributed by atoms with Crippen LogP contribution in [-0.2, 0) is 9.53 Å². The maximum absolute atomic E-state index is 12.8. The molecule has 1 aliphatic rings. The first-order valence-corrected chi connectivity index (χ1v) is 5.40. The summed E-state index contributed by atoms with van der Waals surface area (Å²) in [6, 6.07) is 5.82. The zero-order valence-corrected chi connectivity index (χ0v) is 9.47. The Labute approximate surface area is 98.6 Å². The van der Waals surface area contributed by atoms with Crippen LogP contribution < -0.4 is 4.90 Å². The van der Waals surface area contributed by atoms with E-state index < -0.39 is 6.23 Å². The summed E-state index contributed by atoms with van der Waals surface area (Å²) in [4.78, 5) is 13.0. The monoisotopic (exact) mass is 239 g/mol. The van der Waals surface area contributed by atoms with E-state index in [2.05, 4.69) is 4.74 Å². The van der Waals surface area contributed by atoms with Crippen molar-refractivity contribution in [3.05, 3.63) is 30.1 Å². The van der Waals surface area contributed by atoms with Gasteiger partial charge in [0.15, 0.2) is 0 Å². The Balaban J connectivity index is 2.12. The largest absolute Gasteiger partial charge is 0.469 e. The fourth-order valence-electron chi connectivity index (χ4n) is 2.06. The summed E-state index contributed by atoms with van der Waals surface area (Å²) in [5.41, 5.74) is 0.699. The molecule has 0 radical (unpaired) electrons. The van der Waals surface area contributed by atoms with Crippen molar-refractivity contribution in [2.45, 2.75) is 12.6 Å². The molecule has 0 amide bonds. The van der Waals surface area contributed by atoms with Crippen LogP contribution in [0.4, 0.5) is 10.1 Å². The van der Waals surface area contributed by atoms with Gasteiger partial charge in [-0.15, -0.1) is 0 Å². The van der Waals surface area contributed by atoms with Crippen molar-refractivity contribution in [1.29, 1.82) is 0 Å². The number of benzene rings is 1. The van der Waals surface area contributed by atoms with Gasteiger partial charge in [-0.25, -0.2) is 4.39 Å². The number of halogens is 1. The average Bonchev–Trinajstić information content (AvgIpc) is 2.71. The number of rotatable bonds is 2. The van der Waals surface area contributed by atoms with Gasteiger partial charge in [-0.05, 0) is 24.3 Å². The van der Waals surface area contributed by atoms with Crippen molar-refractivity contribution in [2.24, 2.45) is 5.92 Å². The Hall–Kier alpha value is -1.62. The van der Waals surface area contributed by atoms with E-state index in [-0.39, 0.29) is 17.7 Å². The minimum atomic E-state index is -0.732. The number of carbonyl (C=O) groups is 1. The highest BCUT2D eigenvalue weighted by Gasteiger charge is 2.35. The highest BCUT2D eigenvalue weighted by molar-refractivity contribution is 5.74. The van der Waals surface area contributed by atoms with Crippen molar-refractivity contribution in [1.82, 2.24) is 0 Å². The maximum atomic E-state index is 12.8. The molecule has 4 nitrogen and oxygen atoms in total. The third kappa shape index (κ3) is 2.39. The Morgan fingerprint density at radius 1 is 1.47 bits per heavy atom. The molecule has 1 fully saturated rings. The van der Waals surface area contributed by atoms with Gasteiger partial charge in [-0.3, -0.25) is 4.79 Å². The second kappa shape index (κ2) is 4.71. The molecular formula is C12H14FNO3. The van der Waals surface area contributed by atoms with Crippen LogP contribution in [0.2, 0.25) is 0 Å². The molecule has 5 heteroatoms. The Morgan fingerprint density at radius 3 is 2.71 bits per heavy atom. The number of hydrogen-bond acceptors (Lipinski definition) is 4. The van der Waals surface area contributed by atoms with Crippen LogP contribution in [-0.4, -0.2) is 31.0 Å². The second-order valence-corrected chi connectivity index (χ2v) is 4.07. The minimum Gasteiger partial charge on any atom is -0.469 e. The molecule has 2 atom stereocenters. The Morgan fingerprint density at radius 2 is 2.12 bits per heavy atom. The quantitative estimate of drug-likeness (QED) is 0.786. The molecule has 1 saturated heterocycles. The van der Waals surface area contributed by atoms with Gasteiger partial charge in [0.25, 0.3) is 0 Å². The highest BCUT2D eigenvalue weighted by Crippen LogP contribution is 2.28. The molecule has 17 heavy (non-hydrogen) atoms. The summed E-state index contributed by atoms with van der Waals surface area (Å²) in [6.45, 7) is 0.388. The molecule has 0 aromatic heterocycles.